The van der Waals surface area contributed by atoms with Gasteiger partial charge in [0.1, 0.15) is 11.0 Å². The molecule has 0 spiro atoms. The number of benzene rings is 1. The SMILES string of the molecule is CCN(CC(C)(C)O)S(=O)(=O)c1cccc(C)c1C#N. The van der Waals surface area contributed by atoms with E-state index in [1.54, 1.807) is 39.8 Å². The van der Waals surface area contributed by atoms with Crippen LogP contribution in [0.3, 0.4) is 0 Å². The Morgan fingerprint density at radius 1 is 1.40 bits per heavy atom. The van der Waals surface area contributed by atoms with Gasteiger partial charge in [0.2, 0.25) is 10.0 Å². The van der Waals surface area contributed by atoms with E-state index in [2.05, 4.69) is 0 Å². The molecule has 0 bridgehead atoms. The summed E-state index contributed by atoms with van der Waals surface area (Å²) in [5, 5.41) is 19.0. The number of nitriles is 1. The second-order valence-electron chi connectivity index (χ2n) is 5.30. The van der Waals surface area contributed by atoms with E-state index in [4.69, 9.17) is 5.26 Å². The van der Waals surface area contributed by atoms with Crippen LogP contribution in [-0.2, 0) is 10.0 Å². The molecule has 0 amide bonds. The summed E-state index contributed by atoms with van der Waals surface area (Å²) in [5.74, 6) is 0. The lowest BCUT2D eigenvalue weighted by atomic mass is 10.1. The number of nitrogens with zero attached hydrogens (tertiary/aromatic N) is 2. The molecule has 0 heterocycles. The number of hydrogen-bond acceptors (Lipinski definition) is 4. The van der Waals surface area contributed by atoms with Gasteiger partial charge in [0.05, 0.1) is 11.2 Å². The molecule has 1 rings (SSSR count). The molecule has 1 aromatic rings. The maximum atomic E-state index is 12.6. The first-order valence-electron chi connectivity index (χ1n) is 6.35. The second-order valence-corrected chi connectivity index (χ2v) is 7.21. The fourth-order valence-corrected chi connectivity index (χ4v) is 3.76. The van der Waals surface area contributed by atoms with Crippen LogP contribution in [0.25, 0.3) is 0 Å². The molecule has 0 unspecified atom stereocenters. The van der Waals surface area contributed by atoms with Crippen molar-refractivity contribution in [1.29, 1.82) is 5.26 Å². The summed E-state index contributed by atoms with van der Waals surface area (Å²) in [5.41, 5.74) is -0.366. The van der Waals surface area contributed by atoms with Crippen molar-refractivity contribution in [3.05, 3.63) is 29.3 Å². The monoisotopic (exact) mass is 296 g/mol. The summed E-state index contributed by atoms with van der Waals surface area (Å²) in [6.45, 7) is 6.70. The molecule has 1 N–H and O–H groups in total. The Hall–Kier alpha value is -1.42. The summed E-state index contributed by atoms with van der Waals surface area (Å²) in [7, 11) is -3.80. The first-order valence-corrected chi connectivity index (χ1v) is 7.79. The molecule has 0 saturated heterocycles. The molecule has 20 heavy (non-hydrogen) atoms. The van der Waals surface area contributed by atoms with Crippen molar-refractivity contribution in [3.8, 4) is 6.07 Å². The summed E-state index contributed by atoms with van der Waals surface area (Å²) in [4.78, 5) is -0.00824. The third-order valence-electron chi connectivity index (χ3n) is 2.88. The van der Waals surface area contributed by atoms with E-state index < -0.39 is 15.6 Å². The number of aryl methyl sites for hydroxylation is 1. The predicted molar refractivity (Wildman–Crippen MR) is 76.6 cm³/mol. The fraction of sp³-hybridized carbons (Fsp3) is 0.500. The average Bonchev–Trinajstić information content (AvgIpc) is 2.34. The highest BCUT2D eigenvalue weighted by molar-refractivity contribution is 7.89. The first kappa shape index (κ1) is 16.6. The van der Waals surface area contributed by atoms with Crippen molar-refractivity contribution in [2.45, 2.75) is 38.2 Å². The standard InChI is InChI=1S/C14H20N2O3S/c1-5-16(10-14(3,4)17)20(18,19)13-8-6-7-11(2)12(13)9-15/h6-8,17H,5,10H2,1-4H3. The number of rotatable bonds is 5. The summed E-state index contributed by atoms with van der Waals surface area (Å²) >= 11 is 0. The maximum absolute atomic E-state index is 12.6. The highest BCUT2D eigenvalue weighted by atomic mass is 32.2. The van der Waals surface area contributed by atoms with E-state index >= 15 is 0 Å². The highest BCUT2D eigenvalue weighted by Gasteiger charge is 2.30. The lowest BCUT2D eigenvalue weighted by molar-refractivity contribution is 0.0601. The molecule has 0 aliphatic heterocycles. The molecule has 0 radical (unpaired) electrons. The number of aliphatic hydroxyl groups is 1. The number of hydrogen-bond donors (Lipinski definition) is 1. The van der Waals surface area contributed by atoms with Crippen LogP contribution in [0.2, 0.25) is 0 Å². The highest BCUT2D eigenvalue weighted by Crippen LogP contribution is 2.23. The van der Waals surface area contributed by atoms with E-state index in [0.29, 0.717) is 5.56 Å². The average molecular weight is 296 g/mol. The van der Waals surface area contributed by atoms with Crippen LogP contribution in [0, 0.1) is 18.3 Å². The van der Waals surface area contributed by atoms with Crippen molar-refractivity contribution in [2.75, 3.05) is 13.1 Å². The van der Waals surface area contributed by atoms with E-state index in [0.717, 1.165) is 0 Å². The van der Waals surface area contributed by atoms with Gasteiger partial charge >= 0.3 is 0 Å². The van der Waals surface area contributed by atoms with Gasteiger partial charge in [-0.25, -0.2) is 8.42 Å². The van der Waals surface area contributed by atoms with Crippen LogP contribution in [0.5, 0.6) is 0 Å². The van der Waals surface area contributed by atoms with Gasteiger partial charge in [-0.2, -0.15) is 9.57 Å². The molecule has 0 atom stereocenters. The first-order chi connectivity index (χ1) is 9.13. The summed E-state index contributed by atoms with van der Waals surface area (Å²) in [6.07, 6.45) is 0. The van der Waals surface area contributed by atoms with Gasteiger partial charge in [0.15, 0.2) is 0 Å². The molecule has 0 aliphatic carbocycles. The predicted octanol–water partition coefficient (Wildman–Crippen LogP) is 1.65. The van der Waals surface area contributed by atoms with E-state index in [1.165, 1.54) is 10.4 Å². The van der Waals surface area contributed by atoms with Crippen LogP contribution in [0.1, 0.15) is 31.9 Å². The van der Waals surface area contributed by atoms with Gasteiger partial charge < -0.3 is 5.11 Å². The van der Waals surface area contributed by atoms with Crippen molar-refractivity contribution in [1.82, 2.24) is 4.31 Å². The molecule has 1 aromatic carbocycles. The zero-order valence-electron chi connectivity index (χ0n) is 12.2. The Kier molecular flexibility index (Phi) is 4.92. The van der Waals surface area contributed by atoms with E-state index in [1.807, 2.05) is 6.07 Å². The minimum atomic E-state index is -3.80. The number of sulfonamides is 1. The quantitative estimate of drug-likeness (QED) is 0.895. The van der Waals surface area contributed by atoms with Crippen molar-refractivity contribution in [3.63, 3.8) is 0 Å². The van der Waals surface area contributed by atoms with Gasteiger partial charge in [-0.1, -0.05) is 19.1 Å². The molecular formula is C14H20N2O3S. The van der Waals surface area contributed by atoms with Crippen molar-refractivity contribution >= 4 is 10.0 Å². The fourth-order valence-electron chi connectivity index (χ4n) is 1.94. The lowest BCUT2D eigenvalue weighted by Gasteiger charge is -2.27. The Morgan fingerprint density at radius 2 is 2.00 bits per heavy atom. The third kappa shape index (κ3) is 3.57. The minimum Gasteiger partial charge on any atom is -0.389 e. The summed E-state index contributed by atoms with van der Waals surface area (Å²) < 4.78 is 26.5. The zero-order chi connectivity index (χ0) is 15.6. The zero-order valence-corrected chi connectivity index (χ0v) is 13.0. The molecule has 110 valence electrons. The topological polar surface area (TPSA) is 81.4 Å². The Balaban J connectivity index is 3.36. The molecule has 0 aliphatic rings. The maximum Gasteiger partial charge on any atom is 0.244 e. The van der Waals surface area contributed by atoms with Crippen LogP contribution < -0.4 is 0 Å². The molecule has 0 fully saturated rings. The Labute approximate surface area is 120 Å². The van der Waals surface area contributed by atoms with Crippen LogP contribution in [0.4, 0.5) is 0 Å². The van der Waals surface area contributed by atoms with Gasteiger partial charge in [-0.3, -0.25) is 0 Å². The van der Waals surface area contributed by atoms with Crippen LogP contribution in [0.15, 0.2) is 23.1 Å². The van der Waals surface area contributed by atoms with Gasteiger partial charge in [0.25, 0.3) is 0 Å². The Bertz CT molecular complexity index is 625. The van der Waals surface area contributed by atoms with Crippen LogP contribution in [-0.4, -0.2) is 36.5 Å². The van der Waals surface area contributed by atoms with Crippen molar-refractivity contribution in [2.24, 2.45) is 0 Å². The summed E-state index contributed by atoms with van der Waals surface area (Å²) in [6, 6.07) is 6.68. The molecule has 5 nitrogen and oxygen atoms in total. The lowest BCUT2D eigenvalue weighted by Crippen LogP contribution is -2.42. The van der Waals surface area contributed by atoms with Gasteiger partial charge in [-0.15, -0.1) is 0 Å². The van der Waals surface area contributed by atoms with Gasteiger partial charge in [-0.05, 0) is 32.4 Å². The normalized spacial score (nSPS) is 12.4. The largest absolute Gasteiger partial charge is 0.389 e. The number of likely N-dealkylation sites (N-methyl/N-ethyl adjacent to an activating group) is 1. The van der Waals surface area contributed by atoms with Crippen molar-refractivity contribution < 1.29 is 13.5 Å². The van der Waals surface area contributed by atoms with Crippen LogP contribution >= 0.6 is 0 Å². The van der Waals surface area contributed by atoms with E-state index in [9.17, 15) is 13.5 Å². The Morgan fingerprint density at radius 3 is 2.45 bits per heavy atom. The second kappa shape index (κ2) is 5.92. The molecular weight excluding hydrogens is 276 g/mol. The smallest absolute Gasteiger partial charge is 0.244 e. The van der Waals surface area contributed by atoms with Gasteiger partial charge in [0, 0.05) is 13.1 Å². The third-order valence-corrected chi connectivity index (χ3v) is 4.84. The molecule has 0 saturated carbocycles. The van der Waals surface area contributed by atoms with E-state index in [-0.39, 0.29) is 23.5 Å². The molecule has 6 heteroatoms. The molecule has 0 aromatic heterocycles. The minimum absolute atomic E-state index is 0.00824.